The lowest BCUT2D eigenvalue weighted by Crippen LogP contribution is -2.26. The minimum absolute atomic E-state index is 0.0840. The first-order valence-electron chi connectivity index (χ1n) is 9.26. The van der Waals surface area contributed by atoms with E-state index in [1.54, 1.807) is 41.6 Å². The van der Waals surface area contributed by atoms with E-state index in [0.717, 1.165) is 24.1 Å². The maximum Gasteiger partial charge on any atom is 0.253 e. The van der Waals surface area contributed by atoms with E-state index >= 15 is 0 Å². The number of nitrogens with one attached hydrogen (secondary N) is 2. The number of aromatic nitrogens is 3. The van der Waals surface area contributed by atoms with Gasteiger partial charge in [0.2, 0.25) is 5.91 Å². The summed E-state index contributed by atoms with van der Waals surface area (Å²) in [4.78, 5) is 32.6. The highest BCUT2D eigenvalue weighted by Crippen LogP contribution is 2.30. The Labute approximate surface area is 162 Å². The molecule has 2 heterocycles. The van der Waals surface area contributed by atoms with Crippen molar-refractivity contribution in [3.05, 3.63) is 72.4 Å². The van der Waals surface area contributed by atoms with Crippen molar-refractivity contribution in [1.82, 2.24) is 19.9 Å². The Morgan fingerprint density at radius 2 is 1.93 bits per heavy atom. The number of nitrogens with zero attached hydrogens (tertiary/aromatic N) is 3. The van der Waals surface area contributed by atoms with Gasteiger partial charge in [0, 0.05) is 30.2 Å². The Morgan fingerprint density at radius 1 is 1.14 bits per heavy atom. The predicted octanol–water partition coefficient (Wildman–Crippen LogP) is 3.11. The molecule has 2 aromatic heterocycles. The van der Waals surface area contributed by atoms with Gasteiger partial charge in [0.25, 0.3) is 5.91 Å². The van der Waals surface area contributed by atoms with Crippen LogP contribution in [-0.2, 0) is 4.79 Å². The number of hydrogen-bond donors (Lipinski definition) is 2. The Bertz CT molecular complexity index is 961. The number of pyridine rings is 1. The maximum atomic E-state index is 12.5. The van der Waals surface area contributed by atoms with Gasteiger partial charge in [-0.2, -0.15) is 0 Å². The van der Waals surface area contributed by atoms with E-state index in [1.807, 2.05) is 31.2 Å². The summed E-state index contributed by atoms with van der Waals surface area (Å²) in [6, 6.07) is 10.9. The monoisotopic (exact) mass is 375 g/mol. The molecule has 0 aliphatic heterocycles. The zero-order chi connectivity index (χ0) is 19.5. The summed E-state index contributed by atoms with van der Waals surface area (Å²) in [7, 11) is 0. The van der Waals surface area contributed by atoms with E-state index in [0.29, 0.717) is 11.4 Å². The van der Waals surface area contributed by atoms with Gasteiger partial charge in [-0.3, -0.25) is 14.2 Å². The van der Waals surface area contributed by atoms with Gasteiger partial charge < -0.3 is 10.6 Å². The summed E-state index contributed by atoms with van der Waals surface area (Å²) in [5.74, 6) is 0.765. The number of carbonyl (C=O) groups excluding carboxylic acids is 2. The number of benzene rings is 1. The van der Waals surface area contributed by atoms with Crippen LogP contribution in [0.1, 0.15) is 41.7 Å². The Kier molecular flexibility index (Phi) is 4.89. The molecule has 0 bridgehead atoms. The Balaban J connectivity index is 1.36. The summed E-state index contributed by atoms with van der Waals surface area (Å²) >= 11 is 0. The number of carbonyl (C=O) groups is 2. The van der Waals surface area contributed by atoms with Crippen LogP contribution < -0.4 is 10.6 Å². The number of anilines is 1. The number of rotatable bonds is 6. The normalized spacial score (nSPS) is 14.3. The fourth-order valence-electron chi connectivity index (χ4n) is 2.88. The number of amides is 2. The van der Waals surface area contributed by atoms with Crippen molar-refractivity contribution in [2.45, 2.75) is 25.8 Å². The van der Waals surface area contributed by atoms with E-state index in [9.17, 15) is 9.59 Å². The number of imidazole rings is 1. The Morgan fingerprint density at radius 3 is 2.54 bits per heavy atom. The highest BCUT2D eigenvalue weighted by atomic mass is 16.2. The Hall–Kier alpha value is -3.48. The predicted molar refractivity (Wildman–Crippen MR) is 105 cm³/mol. The fourth-order valence-corrected chi connectivity index (χ4v) is 2.88. The van der Waals surface area contributed by atoms with E-state index in [2.05, 4.69) is 20.6 Å². The largest absolute Gasteiger partial charge is 0.345 e. The van der Waals surface area contributed by atoms with Crippen molar-refractivity contribution in [3.8, 4) is 5.82 Å². The lowest BCUT2D eigenvalue weighted by atomic mass is 10.1. The second-order valence-electron chi connectivity index (χ2n) is 6.96. The lowest BCUT2D eigenvalue weighted by molar-refractivity contribution is -0.117. The second kappa shape index (κ2) is 7.64. The third kappa shape index (κ3) is 4.09. The lowest BCUT2D eigenvalue weighted by Gasteiger charge is -2.15. The zero-order valence-corrected chi connectivity index (χ0v) is 15.5. The molecule has 2 amide bonds. The maximum absolute atomic E-state index is 12.5. The molecule has 0 spiro atoms. The van der Waals surface area contributed by atoms with Gasteiger partial charge in [-0.1, -0.05) is 12.1 Å². The third-order valence-corrected chi connectivity index (χ3v) is 4.75. The summed E-state index contributed by atoms with van der Waals surface area (Å²) in [5, 5.41) is 5.88. The second-order valence-corrected chi connectivity index (χ2v) is 6.96. The first-order chi connectivity index (χ1) is 13.6. The van der Waals surface area contributed by atoms with Crippen molar-refractivity contribution >= 4 is 17.5 Å². The van der Waals surface area contributed by atoms with Gasteiger partial charge in [0.1, 0.15) is 12.1 Å². The van der Waals surface area contributed by atoms with Gasteiger partial charge >= 0.3 is 0 Å². The van der Waals surface area contributed by atoms with Crippen LogP contribution in [0.5, 0.6) is 0 Å². The van der Waals surface area contributed by atoms with Crippen LogP contribution in [0.4, 0.5) is 5.69 Å². The molecule has 0 unspecified atom stereocenters. The van der Waals surface area contributed by atoms with Crippen LogP contribution in [0.3, 0.4) is 0 Å². The first-order valence-corrected chi connectivity index (χ1v) is 9.26. The smallest absolute Gasteiger partial charge is 0.253 e. The summed E-state index contributed by atoms with van der Waals surface area (Å²) in [6.45, 7) is 1.92. The van der Waals surface area contributed by atoms with Crippen LogP contribution in [0.15, 0.2) is 61.3 Å². The van der Waals surface area contributed by atoms with Crippen molar-refractivity contribution in [2.75, 3.05) is 5.32 Å². The molecule has 1 aromatic carbocycles. The first kappa shape index (κ1) is 17.9. The topological polar surface area (TPSA) is 88.9 Å². The van der Waals surface area contributed by atoms with E-state index in [4.69, 9.17) is 0 Å². The summed E-state index contributed by atoms with van der Waals surface area (Å²) in [5.41, 5.74) is 2.23. The van der Waals surface area contributed by atoms with Gasteiger partial charge in [0.15, 0.2) is 0 Å². The number of hydrogen-bond acceptors (Lipinski definition) is 4. The molecule has 1 atom stereocenters. The molecule has 0 saturated heterocycles. The molecule has 7 nitrogen and oxygen atoms in total. The van der Waals surface area contributed by atoms with Crippen molar-refractivity contribution in [1.29, 1.82) is 0 Å². The molecule has 3 aromatic rings. The van der Waals surface area contributed by atoms with E-state index in [1.165, 1.54) is 0 Å². The molecule has 1 aliphatic rings. The third-order valence-electron chi connectivity index (χ3n) is 4.75. The molecular weight excluding hydrogens is 354 g/mol. The standard InChI is InChI=1S/C21H21N5O2/c1-14(15-4-7-18(8-5-15)25-20(27)16-2-3-16)24-21(28)17-6-9-19(23-12-17)26-11-10-22-13-26/h4-14,16H,2-3H2,1H3,(H,24,28)(H,25,27)/t14-/m0/s1. The summed E-state index contributed by atoms with van der Waals surface area (Å²) < 4.78 is 1.77. The van der Waals surface area contributed by atoms with Crippen molar-refractivity contribution in [3.63, 3.8) is 0 Å². The van der Waals surface area contributed by atoms with Gasteiger partial charge in [-0.05, 0) is 49.6 Å². The van der Waals surface area contributed by atoms with Crippen LogP contribution in [-0.4, -0.2) is 26.3 Å². The molecular formula is C21H21N5O2. The van der Waals surface area contributed by atoms with Crippen LogP contribution >= 0.6 is 0 Å². The molecule has 1 saturated carbocycles. The molecule has 0 radical (unpaired) electrons. The van der Waals surface area contributed by atoms with Gasteiger partial charge in [0.05, 0.1) is 11.6 Å². The molecule has 28 heavy (non-hydrogen) atoms. The van der Waals surface area contributed by atoms with Crippen molar-refractivity contribution < 1.29 is 9.59 Å². The quantitative estimate of drug-likeness (QED) is 0.693. The average Bonchev–Trinajstić information content (AvgIpc) is 3.43. The summed E-state index contributed by atoms with van der Waals surface area (Å²) in [6.07, 6.45) is 8.62. The van der Waals surface area contributed by atoms with Crippen molar-refractivity contribution in [2.24, 2.45) is 5.92 Å². The van der Waals surface area contributed by atoms with E-state index < -0.39 is 0 Å². The van der Waals surface area contributed by atoms with Gasteiger partial charge in [-0.25, -0.2) is 9.97 Å². The van der Waals surface area contributed by atoms with Crippen LogP contribution in [0, 0.1) is 5.92 Å². The van der Waals surface area contributed by atoms with Gasteiger partial charge in [-0.15, -0.1) is 0 Å². The van der Waals surface area contributed by atoms with Crippen LogP contribution in [0.25, 0.3) is 5.82 Å². The average molecular weight is 375 g/mol. The molecule has 4 rings (SSSR count). The molecule has 1 aliphatic carbocycles. The minimum atomic E-state index is -0.191. The molecule has 1 fully saturated rings. The minimum Gasteiger partial charge on any atom is -0.345 e. The highest BCUT2D eigenvalue weighted by molar-refractivity contribution is 5.94. The molecule has 2 N–H and O–H groups in total. The zero-order valence-electron chi connectivity index (χ0n) is 15.5. The molecule has 142 valence electrons. The van der Waals surface area contributed by atoms with E-state index in [-0.39, 0.29) is 23.8 Å². The SMILES string of the molecule is C[C@H](NC(=O)c1ccc(-n2ccnc2)nc1)c1ccc(NC(=O)C2CC2)cc1. The molecule has 7 heteroatoms. The van der Waals surface area contributed by atoms with Crippen LogP contribution in [0.2, 0.25) is 0 Å². The highest BCUT2D eigenvalue weighted by Gasteiger charge is 2.29. The fraction of sp³-hybridized carbons (Fsp3) is 0.238.